The molecular formula is C10H19NO4. The van der Waals surface area contributed by atoms with E-state index in [0.29, 0.717) is 6.61 Å². The zero-order chi connectivity index (χ0) is 11.3. The highest BCUT2D eigenvalue weighted by atomic mass is 16.6. The monoisotopic (exact) mass is 217 g/mol. The predicted octanol–water partition coefficient (Wildman–Crippen LogP) is 0.290. The third-order valence-electron chi connectivity index (χ3n) is 2.38. The van der Waals surface area contributed by atoms with E-state index in [9.17, 15) is 10.2 Å². The van der Waals surface area contributed by atoms with Gasteiger partial charge in [-0.1, -0.05) is 13.3 Å². The highest BCUT2D eigenvalue weighted by Crippen LogP contribution is 2.19. The number of nitrogens with two attached hydrogens (primary N) is 1. The normalized spacial score (nSPS) is 30.9. The van der Waals surface area contributed by atoms with Crippen LogP contribution in [0.1, 0.15) is 19.8 Å². The van der Waals surface area contributed by atoms with Crippen molar-refractivity contribution in [2.75, 3.05) is 13.2 Å². The molecule has 3 atom stereocenters. The first-order valence-corrected chi connectivity index (χ1v) is 5.25. The lowest BCUT2D eigenvalue weighted by Crippen LogP contribution is -2.48. The molecule has 0 unspecified atom stereocenters. The molecule has 0 aliphatic carbocycles. The summed E-state index contributed by atoms with van der Waals surface area (Å²) in [5.41, 5.74) is 5.48. The largest absolute Gasteiger partial charge is 0.506 e. The molecule has 0 bridgehead atoms. The quantitative estimate of drug-likeness (QED) is 0.576. The van der Waals surface area contributed by atoms with Gasteiger partial charge in [0.1, 0.15) is 24.6 Å². The Morgan fingerprint density at radius 3 is 2.93 bits per heavy atom. The molecular weight excluding hydrogens is 198 g/mol. The van der Waals surface area contributed by atoms with Crippen molar-refractivity contribution >= 4 is 0 Å². The second-order valence-electron chi connectivity index (χ2n) is 3.59. The van der Waals surface area contributed by atoms with Crippen molar-refractivity contribution in [3.63, 3.8) is 0 Å². The van der Waals surface area contributed by atoms with E-state index in [1.807, 2.05) is 0 Å². The number of rotatable bonds is 5. The molecule has 1 heterocycles. The maximum absolute atomic E-state index is 9.66. The SMILES string of the molecule is CCCCO[C@H]1[C@H](O)C(O)=CO[C@@H]1CN. The summed E-state index contributed by atoms with van der Waals surface area (Å²) in [6.45, 7) is 2.83. The van der Waals surface area contributed by atoms with E-state index in [-0.39, 0.29) is 12.3 Å². The van der Waals surface area contributed by atoms with E-state index in [4.69, 9.17) is 15.2 Å². The van der Waals surface area contributed by atoms with Gasteiger partial charge in [-0.15, -0.1) is 0 Å². The molecule has 0 aromatic carbocycles. The van der Waals surface area contributed by atoms with Crippen LogP contribution < -0.4 is 5.73 Å². The molecule has 0 fully saturated rings. The third-order valence-corrected chi connectivity index (χ3v) is 2.38. The third kappa shape index (κ3) is 3.09. The smallest absolute Gasteiger partial charge is 0.158 e. The molecule has 1 rings (SSSR count). The Bertz CT molecular complexity index is 219. The van der Waals surface area contributed by atoms with Crippen molar-refractivity contribution in [2.24, 2.45) is 5.73 Å². The second kappa shape index (κ2) is 5.95. The zero-order valence-electron chi connectivity index (χ0n) is 8.93. The average molecular weight is 217 g/mol. The summed E-state index contributed by atoms with van der Waals surface area (Å²) >= 11 is 0. The van der Waals surface area contributed by atoms with Crippen LogP contribution in [0.4, 0.5) is 0 Å². The van der Waals surface area contributed by atoms with Crippen LogP contribution >= 0.6 is 0 Å². The van der Waals surface area contributed by atoms with Crippen LogP contribution in [0.15, 0.2) is 12.0 Å². The van der Waals surface area contributed by atoms with Crippen molar-refractivity contribution < 1.29 is 19.7 Å². The van der Waals surface area contributed by atoms with Crippen LogP contribution in [0.2, 0.25) is 0 Å². The Kier molecular flexibility index (Phi) is 4.87. The lowest BCUT2D eigenvalue weighted by Gasteiger charge is -2.32. The summed E-state index contributed by atoms with van der Waals surface area (Å²) in [6.07, 6.45) is 1.04. The second-order valence-corrected chi connectivity index (χ2v) is 3.59. The number of hydrogen-bond acceptors (Lipinski definition) is 5. The Hall–Kier alpha value is -0.780. The summed E-state index contributed by atoms with van der Waals surface area (Å²) in [4.78, 5) is 0. The standard InChI is InChI=1S/C10H19NO4/c1-2-3-4-14-10-8(5-11)15-6-7(12)9(10)13/h6,8-10,12-13H,2-5,11H2,1H3/t8-,9-,10-/m1/s1. The number of aliphatic hydroxyl groups is 2. The highest BCUT2D eigenvalue weighted by molar-refractivity contribution is 5.04. The van der Waals surface area contributed by atoms with Gasteiger partial charge in [0.15, 0.2) is 5.76 Å². The molecule has 0 amide bonds. The zero-order valence-corrected chi connectivity index (χ0v) is 8.93. The van der Waals surface area contributed by atoms with Gasteiger partial charge in [0.2, 0.25) is 0 Å². The van der Waals surface area contributed by atoms with Gasteiger partial charge in [0.05, 0.1) is 0 Å². The number of aliphatic hydroxyl groups excluding tert-OH is 2. The Morgan fingerprint density at radius 2 is 2.33 bits per heavy atom. The predicted molar refractivity (Wildman–Crippen MR) is 55.3 cm³/mol. The summed E-state index contributed by atoms with van der Waals surface area (Å²) in [5, 5.41) is 18.9. The highest BCUT2D eigenvalue weighted by Gasteiger charge is 2.35. The van der Waals surface area contributed by atoms with Gasteiger partial charge < -0.3 is 25.4 Å². The first-order chi connectivity index (χ1) is 7.20. The van der Waals surface area contributed by atoms with E-state index in [1.54, 1.807) is 0 Å². The molecule has 5 heteroatoms. The number of hydrogen-bond donors (Lipinski definition) is 3. The summed E-state index contributed by atoms with van der Waals surface area (Å²) in [6, 6.07) is 0. The molecule has 0 radical (unpaired) electrons. The molecule has 1 aliphatic heterocycles. The first-order valence-electron chi connectivity index (χ1n) is 5.25. The van der Waals surface area contributed by atoms with E-state index in [0.717, 1.165) is 19.1 Å². The van der Waals surface area contributed by atoms with Gasteiger partial charge in [0, 0.05) is 13.2 Å². The van der Waals surface area contributed by atoms with Gasteiger partial charge in [-0.25, -0.2) is 0 Å². The molecule has 0 saturated heterocycles. The maximum Gasteiger partial charge on any atom is 0.158 e. The van der Waals surface area contributed by atoms with Crippen LogP contribution in [0.3, 0.4) is 0 Å². The molecule has 15 heavy (non-hydrogen) atoms. The van der Waals surface area contributed by atoms with E-state index in [2.05, 4.69) is 6.92 Å². The van der Waals surface area contributed by atoms with Gasteiger partial charge in [0.25, 0.3) is 0 Å². The van der Waals surface area contributed by atoms with Gasteiger partial charge in [-0.2, -0.15) is 0 Å². The molecule has 0 aromatic rings. The minimum absolute atomic E-state index is 0.207. The summed E-state index contributed by atoms with van der Waals surface area (Å²) in [5.74, 6) is -0.207. The lowest BCUT2D eigenvalue weighted by atomic mass is 10.0. The van der Waals surface area contributed by atoms with Crippen LogP contribution in [0, 0.1) is 0 Å². The fraction of sp³-hybridized carbons (Fsp3) is 0.800. The molecule has 0 aromatic heterocycles. The van der Waals surface area contributed by atoms with Crippen molar-refractivity contribution in [3.8, 4) is 0 Å². The Morgan fingerprint density at radius 1 is 1.60 bits per heavy atom. The first kappa shape index (κ1) is 12.3. The fourth-order valence-corrected chi connectivity index (χ4v) is 1.43. The van der Waals surface area contributed by atoms with Crippen molar-refractivity contribution in [1.82, 2.24) is 0 Å². The molecule has 0 saturated carbocycles. The minimum atomic E-state index is -1.04. The minimum Gasteiger partial charge on any atom is -0.506 e. The van der Waals surface area contributed by atoms with E-state index in [1.165, 1.54) is 0 Å². The Labute approximate surface area is 89.5 Å². The van der Waals surface area contributed by atoms with Crippen LogP contribution in [-0.4, -0.2) is 41.7 Å². The topological polar surface area (TPSA) is 84.9 Å². The van der Waals surface area contributed by atoms with Crippen molar-refractivity contribution in [3.05, 3.63) is 12.0 Å². The van der Waals surface area contributed by atoms with Crippen molar-refractivity contribution in [2.45, 2.75) is 38.1 Å². The summed E-state index contributed by atoms with van der Waals surface area (Å²) in [7, 11) is 0. The van der Waals surface area contributed by atoms with Gasteiger partial charge in [-0.3, -0.25) is 0 Å². The molecule has 4 N–H and O–H groups in total. The number of unbranched alkanes of at least 4 members (excludes halogenated alkanes) is 1. The molecule has 1 aliphatic rings. The van der Waals surface area contributed by atoms with Crippen molar-refractivity contribution in [1.29, 1.82) is 0 Å². The fourth-order valence-electron chi connectivity index (χ4n) is 1.43. The number of ether oxygens (including phenoxy) is 2. The van der Waals surface area contributed by atoms with Crippen LogP contribution in [0.25, 0.3) is 0 Å². The van der Waals surface area contributed by atoms with E-state index >= 15 is 0 Å². The van der Waals surface area contributed by atoms with Crippen LogP contribution in [0.5, 0.6) is 0 Å². The van der Waals surface area contributed by atoms with Gasteiger partial charge in [-0.05, 0) is 6.42 Å². The van der Waals surface area contributed by atoms with Crippen LogP contribution in [-0.2, 0) is 9.47 Å². The van der Waals surface area contributed by atoms with E-state index < -0.39 is 18.3 Å². The lowest BCUT2D eigenvalue weighted by molar-refractivity contribution is -0.116. The Balaban J connectivity index is 2.52. The maximum atomic E-state index is 9.66. The average Bonchev–Trinajstić information content (AvgIpc) is 2.25. The molecule has 88 valence electrons. The molecule has 0 spiro atoms. The summed E-state index contributed by atoms with van der Waals surface area (Å²) < 4.78 is 10.6. The molecule has 5 nitrogen and oxygen atoms in total. The van der Waals surface area contributed by atoms with Gasteiger partial charge >= 0.3 is 0 Å².